The number of carbonyl (C=O) groups is 1. The molecule has 0 radical (unpaired) electrons. The lowest BCUT2D eigenvalue weighted by Gasteiger charge is -2.05. The highest BCUT2D eigenvalue weighted by atomic mass is 32.1. The third-order valence-electron chi connectivity index (χ3n) is 2.64. The molecule has 1 heterocycles. The van der Waals surface area contributed by atoms with Gasteiger partial charge in [0.25, 0.3) is 0 Å². The summed E-state index contributed by atoms with van der Waals surface area (Å²) in [7, 11) is 0. The van der Waals surface area contributed by atoms with E-state index in [0.29, 0.717) is 6.42 Å². The van der Waals surface area contributed by atoms with Gasteiger partial charge in [-0.25, -0.2) is 0 Å². The van der Waals surface area contributed by atoms with Gasteiger partial charge in [-0.3, -0.25) is 4.79 Å². The normalized spacial score (nSPS) is 10.4. The van der Waals surface area contributed by atoms with E-state index in [4.69, 9.17) is 0 Å². The van der Waals surface area contributed by atoms with Gasteiger partial charge in [-0.2, -0.15) is 11.3 Å². The number of aryl methyl sites for hydroxylation is 2. The fourth-order valence-corrected chi connectivity index (χ4v) is 2.38. The van der Waals surface area contributed by atoms with Crippen molar-refractivity contribution in [3.05, 3.63) is 57.3 Å². The lowest BCUT2D eigenvalue weighted by Crippen LogP contribution is -2.05. The Labute approximate surface area is 99.8 Å². The zero-order valence-corrected chi connectivity index (χ0v) is 10.3. The Morgan fingerprint density at radius 3 is 2.75 bits per heavy atom. The number of thiophene rings is 1. The summed E-state index contributed by atoms with van der Waals surface area (Å²) in [5.41, 5.74) is 4.16. The van der Waals surface area contributed by atoms with Crippen LogP contribution in [0.3, 0.4) is 0 Å². The minimum Gasteiger partial charge on any atom is -0.294 e. The first kappa shape index (κ1) is 11.1. The van der Waals surface area contributed by atoms with E-state index in [1.165, 1.54) is 0 Å². The molecule has 0 saturated carbocycles. The van der Waals surface area contributed by atoms with Crippen LogP contribution in [-0.2, 0) is 6.42 Å². The Kier molecular flexibility index (Phi) is 3.20. The second-order valence-corrected chi connectivity index (χ2v) is 4.83. The standard InChI is InChI=1S/C14H14OS/c1-10-3-4-11(2)13(7-10)14(15)8-12-5-6-16-9-12/h3-7,9H,8H2,1-2H3. The van der Waals surface area contributed by atoms with Crippen LogP contribution in [0.4, 0.5) is 0 Å². The van der Waals surface area contributed by atoms with Crippen molar-refractivity contribution in [1.82, 2.24) is 0 Å². The minimum atomic E-state index is 0.208. The summed E-state index contributed by atoms with van der Waals surface area (Å²) in [6.07, 6.45) is 0.508. The van der Waals surface area contributed by atoms with E-state index in [9.17, 15) is 4.79 Å². The highest BCUT2D eigenvalue weighted by Gasteiger charge is 2.10. The van der Waals surface area contributed by atoms with E-state index in [0.717, 1.165) is 22.3 Å². The van der Waals surface area contributed by atoms with Gasteiger partial charge in [0, 0.05) is 12.0 Å². The number of hydrogen-bond donors (Lipinski definition) is 0. The SMILES string of the molecule is Cc1ccc(C)c(C(=O)Cc2ccsc2)c1. The second-order valence-electron chi connectivity index (χ2n) is 4.05. The van der Waals surface area contributed by atoms with Gasteiger partial charge in [0.1, 0.15) is 0 Å². The summed E-state index contributed by atoms with van der Waals surface area (Å²) in [4.78, 5) is 12.1. The Hall–Kier alpha value is -1.41. The fraction of sp³-hybridized carbons (Fsp3) is 0.214. The molecule has 0 fully saturated rings. The van der Waals surface area contributed by atoms with Crippen molar-refractivity contribution in [2.24, 2.45) is 0 Å². The Bertz CT molecular complexity index is 497. The molecule has 2 heteroatoms. The highest BCUT2D eigenvalue weighted by molar-refractivity contribution is 7.08. The quantitative estimate of drug-likeness (QED) is 0.733. The maximum atomic E-state index is 12.1. The molecule has 0 bridgehead atoms. The fourth-order valence-electron chi connectivity index (χ4n) is 1.71. The van der Waals surface area contributed by atoms with Gasteiger partial charge in [0.15, 0.2) is 5.78 Å². The first-order valence-electron chi connectivity index (χ1n) is 5.28. The smallest absolute Gasteiger partial charge is 0.167 e. The topological polar surface area (TPSA) is 17.1 Å². The molecule has 0 aliphatic heterocycles. The van der Waals surface area contributed by atoms with Gasteiger partial charge >= 0.3 is 0 Å². The molecule has 0 N–H and O–H groups in total. The Morgan fingerprint density at radius 1 is 1.25 bits per heavy atom. The van der Waals surface area contributed by atoms with Gasteiger partial charge in [0.2, 0.25) is 0 Å². The van der Waals surface area contributed by atoms with Crippen LogP contribution in [0, 0.1) is 13.8 Å². The molecule has 2 aromatic rings. The largest absolute Gasteiger partial charge is 0.294 e. The maximum Gasteiger partial charge on any atom is 0.167 e. The third-order valence-corrected chi connectivity index (χ3v) is 3.37. The monoisotopic (exact) mass is 230 g/mol. The van der Waals surface area contributed by atoms with Crippen molar-refractivity contribution >= 4 is 17.1 Å². The third kappa shape index (κ3) is 2.39. The molecule has 0 spiro atoms. The number of ketones is 1. The van der Waals surface area contributed by atoms with Gasteiger partial charge < -0.3 is 0 Å². The first-order valence-corrected chi connectivity index (χ1v) is 6.22. The predicted molar refractivity (Wildman–Crippen MR) is 68.3 cm³/mol. The minimum absolute atomic E-state index is 0.208. The molecule has 0 atom stereocenters. The summed E-state index contributed by atoms with van der Waals surface area (Å²) >= 11 is 1.63. The highest BCUT2D eigenvalue weighted by Crippen LogP contribution is 2.15. The molecule has 0 unspecified atom stereocenters. The molecule has 1 aromatic heterocycles. The summed E-state index contributed by atoms with van der Waals surface area (Å²) in [6, 6.07) is 8.03. The number of rotatable bonds is 3. The van der Waals surface area contributed by atoms with Crippen molar-refractivity contribution in [2.45, 2.75) is 20.3 Å². The summed E-state index contributed by atoms with van der Waals surface area (Å²) in [5, 5.41) is 4.04. The van der Waals surface area contributed by atoms with E-state index in [-0.39, 0.29) is 5.78 Å². The predicted octanol–water partition coefficient (Wildman–Crippen LogP) is 3.79. The van der Waals surface area contributed by atoms with E-state index in [1.807, 2.05) is 48.9 Å². The molecule has 1 nitrogen and oxygen atoms in total. The van der Waals surface area contributed by atoms with Gasteiger partial charge in [-0.05, 0) is 47.9 Å². The first-order chi connectivity index (χ1) is 7.66. The van der Waals surface area contributed by atoms with Crippen molar-refractivity contribution < 1.29 is 4.79 Å². The lowest BCUT2D eigenvalue weighted by molar-refractivity contribution is 0.0992. The molecule has 0 amide bonds. The zero-order chi connectivity index (χ0) is 11.5. The van der Waals surface area contributed by atoms with Crippen LogP contribution >= 0.6 is 11.3 Å². The lowest BCUT2D eigenvalue weighted by atomic mass is 9.98. The van der Waals surface area contributed by atoms with E-state index in [2.05, 4.69) is 0 Å². The average molecular weight is 230 g/mol. The molecular formula is C14H14OS. The van der Waals surface area contributed by atoms with Crippen LogP contribution in [0.1, 0.15) is 27.0 Å². The van der Waals surface area contributed by atoms with Crippen LogP contribution in [-0.4, -0.2) is 5.78 Å². The number of hydrogen-bond acceptors (Lipinski definition) is 2. The Balaban J connectivity index is 2.24. The molecular weight excluding hydrogens is 216 g/mol. The van der Waals surface area contributed by atoms with Crippen LogP contribution in [0.5, 0.6) is 0 Å². The van der Waals surface area contributed by atoms with Gasteiger partial charge in [-0.15, -0.1) is 0 Å². The van der Waals surface area contributed by atoms with E-state index >= 15 is 0 Å². The number of carbonyl (C=O) groups excluding carboxylic acids is 1. The van der Waals surface area contributed by atoms with E-state index in [1.54, 1.807) is 11.3 Å². The second kappa shape index (κ2) is 4.62. The molecule has 2 rings (SSSR count). The van der Waals surface area contributed by atoms with Crippen molar-refractivity contribution in [3.8, 4) is 0 Å². The zero-order valence-electron chi connectivity index (χ0n) is 9.49. The van der Waals surface area contributed by atoms with Crippen LogP contribution in [0.25, 0.3) is 0 Å². The number of benzene rings is 1. The molecule has 0 saturated heterocycles. The molecule has 16 heavy (non-hydrogen) atoms. The molecule has 0 aliphatic carbocycles. The van der Waals surface area contributed by atoms with Gasteiger partial charge in [-0.1, -0.05) is 17.7 Å². The van der Waals surface area contributed by atoms with Crippen molar-refractivity contribution in [2.75, 3.05) is 0 Å². The average Bonchev–Trinajstić information content (AvgIpc) is 2.74. The van der Waals surface area contributed by atoms with Crippen molar-refractivity contribution in [1.29, 1.82) is 0 Å². The van der Waals surface area contributed by atoms with Gasteiger partial charge in [0.05, 0.1) is 0 Å². The van der Waals surface area contributed by atoms with E-state index < -0.39 is 0 Å². The summed E-state index contributed by atoms with van der Waals surface area (Å²) < 4.78 is 0. The van der Waals surface area contributed by atoms with Crippen LogP contribution in [0.15, 0.2) is 35.0 Å². The molecule has 0 aliphatic rings. The summed E-state index contributed by atoms with van der Waals surface area (Å²) in [6.45, 7) is 4.00. The van der Waals surface area contributed by atoms with Crippen molar-refractivity contribution in [3.63, 3.8) is 0 Å². The summed E-state index contributed by atoms with van der Waals surface area (Å²) in [5.74, 6) is 0.208. The van der Waals surface area contributed by atoms with Crippen LogP contribution in [0.2, 0.25) is 0 Å². The maximum absolute atomic E-state index is 12.1. The Morgan fingerprint density at radius 2 is 2.06 bits per heavy atom. The molecule has 1 aromatic carbocycles. The van der Waals surface area contributed by atoms with Crippen LogP contribution < -0.4 is 0 Å². The number of Topliss-reactive ketones (excluding diaryl/α,β-unsaturated/α-hetero) is 1. The molecule has 82 valence electrons.